The lowest BCUT2D eigenvalue weighted by molar-refractivity contribution is -0.605. The van der Waals surface area contributed by atoms with Gasteiger partial charge in [0.25, 0.3) is 33.9 Å². The van der Waals surface area contributed by atoms with E-state index in [1.807, 2.05) is 61.2 Å². The quantitative estimate of drug-likeness (QED) is 0.0121. The van der Waals surface area contributed by atoms with Gasteiger partial charge in [-0.3, -0.25) is 43.0 Å². The normalized spacial score (nSPS) is 13.7. The topological polar surface area (TPSA) is 396 Å². The number of ether oxygens (including phenoxy) is 2. The molecule has 2 aliphatic carbocycles. The van der Waals surface area contributed by atoms with Crippen LogP contribution in [-0.2, 0) is 25.1 Å². The molecule has 1 amide bonds. The molecule has 17 rings (SSSR count). The minimum absolute atomic E-state index is 0.0508. The highest BCUT2D eigenvalue weighted by molar-refractivity contribution is 6.01. The molecule has 122 heavy (non-hydrogen) atoms. The number of nitrogens with one attached hydrogen (secondary N) is 4. The van der Waals surface area contributed by atoms with Gasteiger partial charge in [0.1, 0.15) is 22.2 Å². The number of imidazole rings is 4. The van der Waals surface area contributed by atoms with Gasteiger partial charge in [0, 0.05) is 73.5 Å². The molecule has 41 heteroatoms. The van der Waals surface area contributed by atoms with Crippen molar-refractivity contribution in [2.24, 2.45) is 11.8 Å². The molecule has 0 spiro atoms. The fraction of sp³-hybridized carbons (Fsp3) is 0.284. The lowest BCUT2D eigenvalue weighted by atomic mass is 9.84. The molecule has 2 fully saturated rings. The first kappa shape index (κ1) is 85.6. The van der Waals surface area contributed by atoms with E-state index in [0.717, 1.165) is 102 Å². The number of aliphatic hydroxyl groups is 1. The Morgan fingerprint density at radius 1 is 0.590 bits per heavy atom. The Labute approximate surface area is 681 Å². The second-order valence-electron chi connectivity index (χ2n) is 28.5. The molecule has 14 aromatic rings. The maximum Gasteiger partial charge on any atom is 0.430 e. The van der Waals surface area contributed by atoms with Gasteiger partial charge in [-0.25, -0.2) is 38.7 Å². The number of nitrogens with two attached hydrogens (primary N) is 1. The SMILES string of the molecule is CCCCn1c(=O)c2[nH]cnc2n(CCC)c1=O.Nc1nc2c([nH]1)C(=O)N(CC1CC1)CN2CC1CC1.O=c1c2[nH]cnc2c2cccnc2n1-c1ccccc1.O=c1c2[nH]cnc2n(-c2cccc([N+](=O)[O-])c2)c(=O)n1-c1ccccc1.[O-][n+]1ccc(CC(c2ccc(C(O)(C(F)(F)F)C(F)(F)F)cc2)c2ccc(OC(F)F)c(OC(F)F)c2)cc1. The van der Waals surface area contributed by atoms with E-state index in [9.17, 15) is 93.1 Å². The number of nitrogens with zero attached hydrogens (tertiary/aromatic N) is 14. The zero-order chi connectivity index (χ0) is 87.1. The third-order valence-corrected chi connectivity index (χ3v) is 20.1. The number of H-pyrrole nitrogens is 4. The largest absolute Gasteiger partial charge is 0.619 e. The van der Waals surface area contributed by atoms with Gasteiger partial charge in [0.2, 0.25) is 0 Å². The summed E-state index contributed by atoms with van der Waals surface area (Å²) < 4.78 is 146. The van der Waals surface area contributed by atoms with Crippen LogP contribution in [0.2, 0.25) is 0 Å². The molecule has 636 valence electrons. The molecule has 0 bridgehead atoms. The third-order valence-electron chi connectivity index (χ3n) is 20.1. The standard InChI is InChI=1S/C24H17F10NO4.C17H11N5O4.C15H10N4O.C13H19N5O.C12H18N4O2/c25-20(26)38-18-6-3-15(12-19(18)39-21(27)28)17(11-13-7-9-35(37)10-8-13)14-1-4-16(5-2-14)22(36,23(29,30)31)24(32,33)34;23-16-14-15(19-10-18-14)20(12-7-4-8-13(9-12)22(25)26)17(24)21(16)11-5-2-1-3-6-11;20-15-13-12(17-9-18-13)11-7-4-8-16-14(11)19(15)10-5-2-1-3-6-10;14-13-15-10-11(16-13)17(5-8-1-2-8)7-18(12(10)19)6-9-3-4-9;1-3-5-7-16-11(17)9-10(14-8-13-9)15(6-4-2)12(16)18/h1-10,12,17,20-21,36H,11H2;1-10H,(H,18,19);1-9H,(H,17,18);8-9H,1-7H2,(H3,14,15,16);8H,3-7H2,1-2H3,(H,13,14). The van der Waals surface area contributed by atoms with Crippen molar-refractivity contribution in [2.45, 2.75) is 115 Å². The number of alkyl halides is 10. The Kier molecular flexibility index (Phi) is 25.3. The number of halogens is 10. The number of aromatic nitrogens is 15. The molecule has 3 aliphatic rings. The monoisotopic (exact) mass is 1700 g/mol. The van der Waals surface area contributed by atoms with Gasteiger partial charge in [-0.2, -0.15) is 53.6 Å². The predicted octanol–water partition coefficient (Wildman–Crippen LogP) is 12.4. The molecule has 0 radical (unpaired) electrons. The van der Waals surface area contributed by atoms with Gasteiger partial charge in [0.05, 0.1) is 47.6 Å². The number of carbonyl (C=O) groups excluding carboxylic acids is 1. The van der Waals surface area contributed by atoms with Crippen LogP contribution in [0.1, 0.15) is 97.5 Å². The molecule has 5 aromatic carbocycles. The summed E-state index contributed by atoms with van der Waals surface area (Å²) in [5.74, 6) is 0.0587. The summed E-state index contributed by atoms with van der Waals surface area (Å²) in [6.07, 6.45) is 3.56. The average Bonchev–Trinajstić information content (AvgIpc) is 1.76. The van der Waals surface area contributed by atoms with Crippen LogP contribution in [0.5, 0.6) is 11.5 Å². The predicted molar refractivity (Wildman–Crippen MR) is 426 cm³/mol. The number of pyridine rings is 3. The van der Waals surface area contributed by atoms with Crippen LogP contribution in [0.4, 0.5) is 61.4 Å². The fourth-order valence-corrected chi connectivity index (χ4v) is 13.9. The van der Waals surface area contributed by atoms with Gasteiger partial charge < -0.3 is 55.3 Å². The highest BCUT2D eigenvalue weighted by Crippen LogP contribution is 2.51. The molecule has 1 unspecified atom stereocenters. The number of hydrogen-bond acceptors (Lipinski definition) is 19. The van der Waals surface area contributed by atoms with E-state index in [4.69, 9.17) is 5.73 Å². The van der Waals surface area contributed by atoms with Crippen molar-refractivity contribution < 1.29 is 72.9 Å². The van der Waals surface area contributed by atoms with Gasteiger partial charge in [0.15, 0.2) is 58.2 Å². The summed E-state index contributed by atoms with van der Waals surface area (Å²) in [4.78, 5) is 122. The van der Waals surface area contributed by atoms with Crippen molar-refractivity contribution in [2.75, 3.05) is 30.4 Å². The number of amides is 1. The molecule has 10 heterocycles. The van der Waals surface area contributed by atoms with E-state index in [2.05, 4.69) is 59.2 Å². The summed E-state index contributed by atoms with van der Waals surface area (Å²) in [6.45, 7) is 0.744. The number of para-hydroxylation sites is 2. The maximum atomic E-state index is 13.3. The van der Waals surface area contributed by atoms with E-state index in [1.54, 1.807) is 51.7 Å². The van der Waals surface area contributed by atoms with Gasteiger partial charge in [-0.1, -0.05) is 93.1 Å². The maximum absolute atomic E-state index is 13.3. The molecule has 9 aromatic heterocycles. The average molecular weight is 1700 g/mol. The summed E-state index contributed by atoms with van der Waals surface area (Å²) >= 11 is 0. The Morgan fingerprint density at radius 2 is 1.16 bits per heavy atom. The van der Waals surface area contributed by atoms with Crippen molar-refractivity contribution in [3.05, 3.63) is 285 Å². The number of carbonyl (C=O) groups is 1. The first-order valence-corrected chi connectivity index (χ1v) is 38.0. The number of fused-ring (bicyclic) bond motifs is 6. The third kappa shape index (κ3) is 18.4. The minimum atomic E-state index is -6.12. The number of nitro groups is 1. The van der Waals surface area contributed by atoms with Crippen molar-refractivity contribution >= 4 is 67.8 Å². The fourth-order valence-electron chi connectivity index (χ4n) is 13.9. The summed E-state index contributed by atoms with van der Waals surface area (Å²) in [5.41, 5.74) is 2.38. The van der Waals surface area contributed by atoms with Gasteiger partial charge in [-0.05, 0) is 128 Å². The first-order chi connectivity index (χ1) is 58.4. The number of hydrogen-bond donors (Lipinski definition) is 6. The zero-order valence-electron chi connectivity index (χ0n) is 64.5. The highest BCUT2D eigenvalue weighted by Gasteiger charge is 2.71. The Bertz CT molecular complexity index is 6390. The van der Waals surface area contributed by atoms with Crippen LogP contribution in [-0.4, -0.2) is 134 Å². The van der Waals surface area contributed by atoms with Crippen molar-refractivity contribution in [3.63, 3.8) is 0 Å². The number of nitrogen functional groups attached to an aromatic ring is 1. The number of aryl methyl sites for hydroxylation is 1. The smallest absolute Gasteiger partial charge is 0.430 e. The van der Waals surface area contributed by atoms with Crippen LogP contribution in [0.25, 0.3) is 61.5 Å². The van der Waals surface area contributed by atoms with E-state index in [0.29, 0.717) is 93.3 Å². The number of non-ortho nitro benzene ring substituents is 1. The molecule has 31 nitrogen and oxygen atoms in total. The number of anilines is 2. The summed E-state index contributed by atoms with van der Waals surface area (Å²) in [6, 6.07) is 35.4. The first-order valence-electron chi connectivity index (χ1n) is 38.0. The Morgan fingerprint density at radius 3 is 1.77 bits per heavy atom. The van der Waals surface area contributed by atoms with Crippen molar-refractivity contribution in [1.82, 2.24) is 72.6 Å². The number of rotatable bonds is 22. The molecule has 0 saturated heterocycles. The van der Waals surface area contributed by atoms with E-state index in [1.165, 1.54) is 84.1 Å². The van der Waals surface area contributed by atoms with Crippen LogP contribution in [0.15, 0.2) is 213 Å². The molecular weight excluding hydrogens is 1620 g/mol. The van der Waals surface area contributed by atoms with Crippen LogP contribution >= 0.6 is 0 Å². The lowest BCUT2D eigenvalue weighted by Gasteiger charge is -2.35. The number of aromatic amines is 4. The van der Waals surface area contributed by atoms with Crippen LogP contribution in [0.3, 0.4) is 0 Å². The number of benzene rings is 5. The van der Waals surface area contributed by atoms with E-state index < -0.39 is 70.3 Å². The van der Waals surface area contributed by atoms with E-state index >= 15 is 0 Å². The molecule has 1 aliphatic heterocycles. The summed E-state index contributed by atoms with van der Waals surface area (Å²) in [7, 11) is 0. The molecule has 1 atom stereocenters. The zero-order valence-corrected chi connectivity index (χ0v) is 64.5. The second kappa shape index (κ2) is 36.1. The molecule has 2 saturated carbocycles. The van der Waals surface area contributed by atoms with E-state index in [-0.39, 0.29) is 62.8 Å². The van der Waals surface area contributed by atoms with Gasteiger partial charge >= 0.3 is 37.0 Å². The Hall–Kier alpha value is -14.3. The minimum Gasteiger partial charge on any atom is -0.619 e. The number of nitro benzene ring substituents is 1. The summed E-state index contributed by atoms with van der Waals surface area (Å²) in [5, 5.41) is 32.9. The number of unbranched alkanes of at least 4 members (excludes halogenated alkanes) is 1. The van der Waals surface area contributed by atoms with Crippen LogP contribution < -0.4 is 52.9 Å². The molecular formula is C81H75F10N19O12. The highest BCUT2D eigenvalue weighted by atomic mass is 19.4. The Balaban J connectivity index is 0.000000136. The van der Waals surface area contributed by atoms with Crippen LogP contribution in [0, 0.1) is 27.2 Å². The molecule has 7 N–H and O–H groups in total. The van der Waals surface area contributed by atoms with Gasteiger partial charge in [-0.15, -0.1) is 0 Å². The van der Waals surface area contributed by atoms with Crippen molar-refractivity contribution in [3.8, 4) is 28.6 Å². The van der Waals surface area contributed by atoms with Crippen molar-refractivity contribution in [1.29, 1.82) is 0 Å². The lowest BCUT2D eigenvalue weighted by Crippen LogP contribution is -2.53. The second-order valence-corrected chi connectivity index (χ2v) is 28.5.